The van der Waals surface area contributed by atoms with E-state index < -0.39 is 23.1 Å². The Kier molecular flexibility index (Phi) is 9.69. The van der Waals surface area contributed by atoms with Crippen molar-refractivity contribution in [1.29, 1.82) is 0 Å². The molecule has 0 atom stereocenters. The van der Waals surface area contributed by atoms with E-state index in [1.807, 2.05) is 25.1 Å². The maximum absolute atomic E-state index is 13.7. The zero-order valence-electron chi connectivity index (χ0n) is 24.4. The number of nitrogens with zero attached hydrogens (tertiary/aromatic N) is 4. The molecule has 11 nitrogen and oxygen atoms in total. The third-order valence-electron chi connectivity index (χ3n) is 7.45. The van der Waals surface area contributed by atoms with Crippen LogP contribution in [0.5, 0.6) is 11.5 Å². The molecule has 1 aromatic heterocycles. The lowest BCUT2D eigenvalue weighted by Gasteiger charge is -2.22. The number of carbonyl (C=O) groups is 1. The molecule has 0 bridgehead atoms. The quantitative estimate of drug-likeness (QED) is 0.113. The minimum absolute atomic E-state index is 0.0663. The van der Waals surface area contributed by atoms with Gasteiger partial charge < -0.3 is 14.8 Å². The van der Waals surface area contributed by atoms with Gasteiger partial charge in [0.1, 0.15) is 5.82 Å². The number of anilines is 1. The third kappa shape index (κ3) is 6.96. The van der Waals surface area contributed by atoms with E-state index in [2.05, 4.69) is 26.3 Å². The fourth-order valence-corrected chi connectivity index (χ4v) is 5.65. The molecule has 1 N–H and O–H groups in total. The number of para-hydroxylation sites is 1. The van der Waals surface area contributed by atoms with Crippen molar-refractivity contribution in [2.75, 3.05) is 18.5 Å². The molecule has 1 heterocycles. The van der Waals surface area contributed by atoms with Gasteiger partial charge in [0.15, 0.2) is 12.4 Å². The van der Waals surface area contributed by atoms with Crippen molar-refractivity contribution in [2.45, 2.75) is 51.9 Å². The Balaban J connectivity index is 1.49. The zero-order valence-corrected chi connectivity index (χ0v) is 26.0. The van der Waals surface area contributed by atoms with Gasteiger partial charge in [0.2, 0.25) is 5.75 Å². The van der Waals surface area contributed by atoms with Gasteiger partial charge in [-0.1, -0.05) is 53.4 Å². The number of hydrogen-bond donors (Lipinski definition) is 1. The number of rotatable bonds is 10. The molecule has 228 valence electrons. The van der Waals surface area contributed by atoms with Crippen LogP contribution in [0.1, 0.15) is 61.9 Å². The molecular formula is C32H32BrN5O6. The molecule has 1 saturated carbocycles. The number of carbonyl (C=O) groups excluding carboxylic acids is 1. The van der Waals surface area contributed by atoms with E-state index >= 15 is 0 Å². The van der Waals surface area contributed by atoms with Gasteiger partial charge in [0.25, 0.3) is 11.5 Å². The number of aromatic nitrogens is 2. The summed E-state index contributed by atoms with van der Waals surface area (Å²) >= 11 is 3.43. The molecule has 0 saturated heterocycles. The van der Waals surface area contributed by atoms with Gasteiger partial charge in [0.05, 0.1) is 28.6 Å². The summed E-state index contributed by atoms with van der Waals surface area (Å²) in [6.45, 7) is 3.31. The van der Waals surface area contributed by atoms with Crippen molar-refractivity contribution in [3.05, 3.63) is 96.5 Å². The Morgan fingerprint density at radius 2 is 1.93 bits per heavy atom. The molecule has 0 radical (unpaired) electrons. The average molecular weight is 663 g/mol. The number of aryl methyl sites for hydroxylation is 1. The van der Waals surface area contributed by atoms with Crippen LogP contribution in [0.15, 0.2) is 69.0 Å². The summed E-state index contributed by atoms with van der Waals surface area (Å²) in [4.78, 5) is 42.6. The highest BCUT2D eigenvalue weighted by atomic mass is 79.9. The van der Waals surface area contributed by atoms with Crippen molar-refractivity contribution in [2.24, 2.45) is 5.10 Å². The van der Waals surface area contributed by atoms with E-state index in [4.69, 9.17) is 14.5 Å². The summed E-state index contributed by atoms with van der Waals surface area (Å²) in [5, 5.41) is 19.8. The second-order valence-electron chi connectivity index (χ2n) is 10.5. The van der Waals surface area contributed by atoms with Gasteiger partial charge in [-0.15, -0.1) is 0 Å². The maximum atomic E-state index is 13.7. The topological polar surface area (TPSA) is 138 Å². The smallest absolute Gasteiger partial charge is 0.315 e. The van der Waals surface area contributed by atoms with Crippen molar-refractivity contribution in [3.8, 4) is 11.5 Å². The van der Waals surface area contributed by atoms with Crippen molar-refractivity contribution in [3.63, 3.8) is 0 Å². The first kappa shape index (κ1) is 30.9. The predicted octanol–water partition coefficient (Wildman–Crippen LogP) is 6.72. The Morgan fingerprint density at radius 3 is 2.66 bits per heavy atom. The molecule has 12 heteroatoms. The summed E-state index contributed by atoms with van der Waals surface area (Å²) < 4.78 is 13.4. The fraction of sp³-hybridized carbons (Fsp3) is 0.312. The molecule has 0 aliphatic heterocycles. The molecule has 1 aliphatic carbocycles. The molecule has 0 spiro atoms. The van der Waals surface area contributed by atoms with Crippen LogP contribution >= 0.6 is 15.9 Å². The van der Waals surface area contributed by atoms with E-state index in [-0.39, 0.29) is 29.6 Å². The highest BCUT2D eigenvalue weighted by Crippen LogP contribution is 2.38. The van der Waals surface area contributed by atoms with E-state index in [0.29, 0.717) is 28.0 Å². The van der Waals surface area contributed by atoms with Crippen molar-refractivity contribution < 1.29 is 19.2 Å². The number of amides is 1. The largest absolute Gasteiger partial charge is 0.490 e. The molecule has 1 aliphatic rings. The lowest BCUT2D eigenvalue weighted by molar-refractivity contribution is -0.385. The number of nitro benzene ring substituents is 1. The number of halogens is 1. The van der Waals surface area contributed by atoms with Crippen LogP contribution in [0.3, 0.4) is 0 Å². The normalized spacial score (nSPS) is 13.7. The minimum Gasteiger partial charge on any atom is -0.490 e. The SMILES string of the molecule is CCOc1cc(C=Nn2c(C3CCCCC3)nc3ccc(Br)cc3c2=O)cc([N+](=O)[O-])c1OCC(=O)Nc1ccccc1C. The van der Waals surface area contributed by atoms with Gasteiger partial charge in [-0.05, 0) is 62.6 Å². The van der Waals surface area contributed by atoms with Gasteiger partial charge in [-0.25, -0.2) is 4.98 Å². The molecule has 5 rings (SSSR count). The number of ether oxygens (including phenoxy) is 2. The minimum atomic E-state index is -0.608. The van der Waals surface area contributed by atoms with E-state index in [1.165, 1.54) is 23.0 Å². The Labute approximate surface area is 262 Å². The summed E-state index contributed by atoms with van der Waals surface area (Å²) in [5.41, 5.74) is 1.66. The molecule has 0 unspecified atom stereocenters. The van der Waals surface area contributed by atoms with Gasteiger partial charge in [-0.3, -0.25) is 19.7 Å². The third-order valence-corrected chi connectivity index (χ3v) is 7.94. The summed E-state index contributed by atoms with van der Waals surface area (Å²) in [6.07, 6.45) is 6.38. The van der Waals surface area contributed by atoms with E-state index in [1.54, 1.807) is 31.2 Å². The lowest BCUT2D eigenvalue weighted by Crippen LogP contribution is -2.25. The first-order valence-corrected chi connectivity index (χ1v) is 15.2. The van der Waals surface area contributed by atoms with E-state index in [0.717, 1.165) is 42.1 Å². The highest BCUT2D eigenvalue weighted by molar-refractivity contribution is 9.10. The number of fused-ring (bicyclic) bond motifs is 1. The summed E-state index contributed by atoms with van der Waals surface area (Å²) in [7, 11) is 0. The second kappa shape index (κ2) is 13.8. The second-order valence-corrected chi connectivity index (χ2v) is 11.5. The van der Waals surface area contributed by atoms with Crippen LogP contribution in [0.4, 0.5) is 11.4 Å². The highest BCUT2D eigenvalue weighted by Gasteiger charge is 2.25. The molecule has 44 heavy (non-hydrogen) atoms. The molecular weight excluding hydrogens is 630 g/mol. The first-order valence-electron chi connectivity index (χ1n) is 14.4. The van der Waals surface area contributed by atoms with Crippen LogP contribution in [-0.4, -0.2) is 39.9 Å². The van der Waals surface area contributed by atoms with Gasteiger partial charge >= 0.3 is 5.69 Å². The standard InChI is InChI=1S/C32H32BrN5O6/c1-3-43-28-16-21(15-27(38(41)42)30(28)44-19-29(39)35-25-12-8-7-9-20(25)2)18-34-37-31(22-10-5-4-6-11-22)36-26-14-13-23(33)17-24(26)32(37)40/h7-9,12-18,22H,3-6,10-11,19H2,1-2H3,(H,35,39). The van der Waals surface area contributed by atoms with Crippen LogP contribution in [0.2, 0.25) is 0 Å². The number of benzene rings is 3. The molecule has 3 aromatic carbocycles. The van der Waals surface area contributed by atoms with Gasteiger partial charge in [0, 0.05) is 27.7 Å². The van der Waals surface area contributed by atoms with Gasteiger partial charge in [-0.2, -0.15) is 9.78 Å². The van der Waals surface area contributed by atoms with Crippen molar-refractivity contribution >= 4 is 50.3 Å². The van der Waals surface area contributed by atoms with Crippen LogP contribution in [-0.2, 0) is 4.79 Å². The molecule has 4 aromatic rings. The van der Waals surface area contributed by atoms with Crippen molar-refractivity contribution in [1.82, 2.24) is 9.66 Å². The Morgan fingerprint density at radius 1 is 1.16 bits per heavy atom. The number of nitro groups is 1. The van der Waals surface area contributed by atoms with Crippen LogP contribution in [0, 0.1) is 17.0 Å². The fourth-order valence-electron chi connectivity index (χ4n) is 5.29. The average Bonchev–Trinajstić information content (AvgIpc) is 3.01. The predicted molar refractivity (Wildman–Crippen MR) is 172 cm³/mol. The van der Waals surface area contributed by atoms with E-state index in [9.17, 15) is 19.7 Å². The Bertz CT molecular complexity index is 1800. The Hall–Kier alpha value is -4.58. The zero-order chi connectivity index (χ0) is 31.2. The van der Waals surface area contributed by atoms with Crippen LogP contribution in [0.25, 0.3) is 10.9 Å². The lowest BCUT2D eigenvalue weighted by atomic mass is 9.88. The summed E-state index contributed by atoms with van der Waals surface area (Å²) in [6, 6.07) is 15.4. The summed E-state index contributed by atoms with van der Waals surface area (Å²) in [5.74, 6) is 0.0571. The molecule has 1 amide bonds. The monoisotopic (exact) mass is 661 g/mol. The first-order chi connectivity index (χ1) is 21.2. The van der Waals surface area contributed by atoms with Crippen LogP contribution < -0.4 is 20.3 Å². The number of hydrogen-bond acceptors (Lipinski definition) is 8. The molecule has 1 fully saturated rings. The maximum Gasteiger partial charge on any atom is 0.315 e. The number of nitrogens with one attached hydrogen (secondary N) is 1.